The van der Waals surface area contributed by atoms with Crippen molar-refractivity contribution in [3.8, 4) is 10.6 Å². The maximum absolute atomic E-state index is 12.8. The van der Waals surface area contributed by atoms with E-state index in [1.807, 2.05) is 66.0 Å². The molecule has 5 nitrogen and oxygen atoms in total. The summed E-state index contributed by atoms with van der Waals surface area (Å²) in [5.74, 6) is -0.0985. The molecular weight excluding hydrogens is 340 g/mol. The number of likely N-dealkylation sites (N-methyl/N-ethyl adjacent to an activating group) is 1. The van der Waals surface area contributed by atoms with Crippen LogP contribution in [0.3, 0.4) is 0 Å². The summed E-state index contributed by atoms with van der Waals surface area (Å²) in [5, 5.41) is 16.5. The van der Waals surface area contributed by atoms with Gasteiger partial charge in [-0.2, -0.15) is 11.3 Å². The first-order valence-corrected chi connectivity index (χ1v) is 9.37. The number of hydrogen-bond donors (Lipinski definition) is 1. The number of nitrogens with zero attached hydrogens (tertiary/aromatic N) is 3. The van der Waals surface area contributed by atoms with Gasteiger partial charge in [0.2, 0.25) is 11.0 Å². The third-order valence-electron chi connectivity index (χ3n) is 3.73. The Kier molecular flexibility index (Phi) is 5.34. The van der Waals surface area contributed by atoms with Crippen LogP contribution < -0.4 is 5.32 Å². The lowest BCUT2D eigenvalue weighted by atomic mass is 10.1. The molecule has 0 saturated carbocycles. The van der Waals surface area contributed by atoms with Crippen LogP contribution in [0.5, 0.6) is 0 Å². The summed E-state index contributed by atoms with van der Waals surface area (Å²) in [7, 11) is 1.94. The number of amides is 1. The van der Waals surface area contributed by atoms with Gasteiger partial charge in [-0.3, -0.25) is 15.0 Å². The van der Waals surface area contributed by atoms with Crippen molar-refractivity contribution in [3.05, 3.63) is 52.7 Å². The lowest BCUT2D eigenvalue weighted by Gasteiger charge is -2.25. The number of aromatic nitrogens is 2. The molecule has 0 unspecified atom stereocenters. The van der Waals surface area contributed by atoms with E-state index < -0.39 is 0 Å². The third-order valence-corrected chi connectivity index (χ3v) is 5.30. The van der Waals surface area contributed by atoms with E-state index in [9.17, 15) is 4.79 Å². The van der Waals surface area contributed by atoms with Crippen LogP contribution in [0.1, 0.15) is 18.5 Å². The first-order chi connectivity index (χ1) is 11.7. The predicted molar refractivity (Wildman–Crippen MR) is 99.3 cm³/mol. The zero-order chi connectivity index (χ0) is 16.9. The second kappa shape index (κ2) is 7.65. The Morgan fingerprint density at radius 1 is 1.25 bits per heavy atom. The van der Waals surface area contributed by atoms with E-state index in [0.29, 0.717) is 5.13 Å². The molecule has 0 aliphatic heterocycles. The molecule has 1 atom stereocenters. The standard InChI is InChI=1S/C17H18N4OS2/c1-3-21(2)14(12-7-5-4-6-8-12)15(22)18-17-20-19-16(24-17)13-9-10-23-11-13/h4-11,14H,3H2,1-2H3,(H,18,20,22)/t14-/m1/s1. The molecule has 2 aromatic heterocycles. The Labute approximate surface area is 149 Å². The maximum Gasteiger partial charge on any atom is 0.248 e. The van der Waals surface area contributed by atoms with E-state index >= 15 is 0 Å². The van der Waals surface area contributed by atoms with Gasteiger partial charge in [0, 0.05) is 10.9 Å². The average molecular weight is 358 g/mol. The molecule has 1 N–H and O–H groups in total. The quantitative estimate of drug-likeness (QED) is 0.726. The smallest absolute Gasteiger partial charge is 0.248 e. The minimum absolute atomic E-state index is 0.0985. The first kappa shape index (κ1) is 16.8. The van der Waals surface area contributed by atoms with Crippen molar-refractivity contribution >= 4 is 33.7 Å². The molecule has 7 heteroatoms. The van der Waals surface area contributed by atoms with Gasteiger partial charge in [-0.05, 0) is 30.6 Å². The van der Waals surface area contributed by atoms with Crippen LogP contribution in [0.4, 0.5) is 5.13 Å². The minimum Gasteiger partial charge on any atom is -0.299 e. The van der Waals surface area contributed by atoms with Crippen molar-refractivity contribution in [2.45, 2.75) is 13.0 Å². The van der Waals surface area contributed by atoms with Gasteiger partial charge in [-0.25, -0.2) is 0 Å². The molecule has 124 valence electrons. The normalized spacial score (nSPS) is 12.3. The Bertz CT molecular complexity index is 786. The molecular formula is C17H18N4OS2. The largest absolute Gasteiger partial charge is 0.299 e. The fourth-order valence-electron chi connectivity index (χ4n) is 2.37. The van der Waals surface area contributed by atoms with Crippen LogP contribution in [-0.2, 0) is 4.79 Å². The zero-order valence-corrected chi connectivity index (χ0v) is 15.1. The molecule has 24 heavy (non-hydrogen) atoms. The van der Waals surface area contributed by atoms with Gasteiger partial charge in [0.1, 0.15) is 11.0 Å². The van der Waals surface area contributed by atoms with Crippen molar-refractivity contribution in [2.75, 3.05) is 18.9 Å². The van der Waals surface area contributed by atoms with E-state index in [1.54, 1.807) is 11.3 Å². The van der Waals surface area contributed by atoms with E-state index in [1.165, 1.54) is 11.3 Å². The van der Waals surface area contributed by atoms with E-state index in [-0.39, 0.29) is 11.9 Å². The van der Waals surface area contributed by atoms with Gasteiger partial charge in [-0.1, -0.05) is 48.6 Å². The Morgan fingerprint density at radius 3 is 2.71 bits per heavy atom. The highest BCUT2D eigenvalue weighted by atomic mass is 32.1. The van der Waals surface area contributed by atoms with Crippen LogP contribution in [0.2, 0.25) is 0 Å². The Balaban J connectivity index is 1.79. The van der Waals surface area contributed by atoms with Crippen molar-refractivity contribution in [1.29, 1.82) is 0 Å². The topological polar surface area (TPSA) is 58.1 Å². The molecule has 3 aromatic rings. The first-order valence-electron chi connectivity index (χ1n) is 7.61. The molecule has 3 rings (SSSR count). The highest BCUT2D eigenvalue weighted by Gasteiger charge is 2.25. The fourth-order valence-corrected chi connectivity index (χ4v) is 3.83. The number of anilines is 1. The van der Waals surface area contributed by atoms with E-state index in [0.717, 1.165) is 22.7 Å². The molecule has 1 aromatic carbocycles. The minimum atomic E-state index is -0.357. The SMILES string of the molecule is CCN(C)[C@@H](C(=O)Nc1nnc(-c2ccsc2)s1)c1ccccc1. The molecule has 2 heterocycles. The molecule has 0 aliphatic rings. The Hall–Kier alpha value is -2.09. The fraction of sp³-hybridized carbons (Fsp3) is 0.235. The van der Waals surface area contributed by atoms with Gasteiger partial charge in [0.15, 0.2) is 0 Å². The lowest BCUT2D eigenvalue weighted by Crippen LogP contribution is -2.34. The lowest BCUT2D eigenvalue weighted by molar-refractivity contribution is -0.121. The summed E-state index contributed by atoms with van der Waals surface area (Å²) >= 11 is 3.00. The van der Waals surface area contributed by atoms with Crippen LogP contribution in [0, 0.1) is 0 Å². The number of carbonyl (C=O) groups is 1. The molecule has 1 amide bonds. The van der Waals surface area contributed by atoms with Gasteiger partial charge in [0.25, 0.3) is 0 Å². The number of rotatable bonds is 6. The number of hydrogen-bond acceptors (Lipinski definition) is 6. The van der Waals surface area contributed by atoms with Crippen molar-refractivity contribution < 1.29 is 4.79 Å². The van der Waals surface area contributed by atoms with E-state index in [4.69, 9.17) is 0 Å². The van der Waals surface area contributed by atoms with Crippen LogP contribution in [0.25, 0.3) is 10.6 Å². The molecule has 0 spiro atoms. The van der Waals surface area contributed by atoms with Gasteiger partial charge < -0.3 is 0 Å². The van der Waals surface area contributed by atoms with Crippen molar-refractivity contribution in [3.63, 3.8) is 0 Å². The molecule has 0 fully saturated rings. The highest BCUT2D eigenvalue weighted by molar-refractivity contribution is 7.19. The van der Waals surface area contributed by atoms with Gasteiger partial charge >= 0.3 is 0 Å². The Morgan fingerprint density at radius 2 is 2.04 bits per heavy atom. The average Bonchev–Trinajstić information content (AvgIpc) is 3.27. The summed E-state index contributed by atoms with van der Waals surface area (Å²) in [5.41, 5.74) is 1.99. The number of carbonyl (C=O) groups excluding carboxylic acids is 1. The summed E-state index contributed by atoms with van der Waals surface area (Å²) < 4.78 is 0. The van der Waals surface area contributed by atoms with Crippen LogP contribution in [0.15, 0.2) is 47.2 Å². The van der Waals surface area contributed by atoms with E-state index in [2.05, 4.69) is 15.5 Å². The monoisotopic (exact) mass is 358 g/mol. The van der Waals surface area contributed by atoms with Crippen molar-refractivity contribution in [1.82, 2.24) is 15.1 Å². The number of nitrogens with one attached hydrogen (secondary N) is 1. The van der Waals surface area contributed by atoms with Crippen molar-refractivity contribution in [2.24, 2.45) is 0 Å². The highest BCUT2D eigenvalue weighted by Crippen LogP contribution is 2.29. The maximum atomic E-state index is 12.8. The van der Waals surface area contributed by atoms with Crippen LogP contribution >= 0.6 is 22.7 Å². The number of benzene rings is 1. The van der Waals surface area contributed by atoms with Gasteiger partial charge in [-0.15, -0.1) is 10.2 Å². The molecule has 0 bridgehead atoms. The zero-order valence-electron chi connectivity index (χ0n) is 13.5. The third kappa shape index (κ3) is 3.69. The summed E-state index contributed by atoms with van der Waals surface area (Å²) in [4.78, 5) is 14.8. The second-order valence-electron chi connectivity index (χ2n) is 5.30. The predicted octanol–water partition coefficient (Wildman–Crippen LogP) is 3.90. The molecule has 0 radical (unpaired) electrons. The summed E-state index contributed by atoms with van der Waals surface area (Å²) in [6.45, 7) is 2.80. The second-order valence-corrected chi connectivity index (χ2v) is 7.06. The summed E-state index contributed by atoms with van der Waals surface area (Å²) in [6, 6.07) is 11.4. The van der Waals surface area contributed by atoms with Gasteiger partial charge in [0.05, 0.1) is 0 Å². The van der Waals surface area contributed by atoms with Crippen LogP contribution in [-0.4, -0.2) is 34.6 Å². The molecule has 0 aliphatic carbocycles. The summed E-state index contributed by atoms with van der Waals surface area (Å²) in [6.07, 6.45) is 0. The number of thiophene rings is 1. The molecule has 0 saturated heterocycles.